The maximum Gasteiger partial charge on any atom is 0.338 e. The summed E-state index contributed by atoms with van der Waals surface area (Å²) in [6.45, 7) is 0.561. The summed E-state index contributed by atoms with van der Waals surface area (Å²) in [5.74, 6) is -2.52. The third-order valence-electron chi connectivity index (χ3n) is 2.54. The Morgan fingerprint density at radius 3 is 2.50 bits per heavy atom. The highest BCUT2D eigenvalue weighted by atomic mass is 32.2. The molecule has 1 aromatic carbocycles. The lowest BCUT2D eigenvalue weighted by molar-refractivity contribution is -0.0436. The maximum atomic E-state index is 13.6. The first-order chi connectivity index (χ1) is 9.28. The monoisotopic (exact) mass is 305 g/mol. The number of benzene rings is 1. The fourth-order valence-electron chi connectivity index (χ4n) is 1.78. The van der Waals surface area contributed by atoms with Crippen molar-refractivity contribution in [2.45, 2.75) is 6.29 Å². The van der Waals surface area contributed by atoms with Crippen molar-refractivity contribution in [1.82, 2.24) is 0 Å². The van der Waals surface area contributed by atoms with Crippen molar-refractivity contribution in [1.29, 1.82) is 0 Å². The SMILES string of the molecule is CS(=O)(=O)Nc1cc(F)c(C(=O)O)cc1C1OCCO1. The molecule has 2 N–H and O–H groups in total. The van der Waals surface area contributed by atoms with Gasteiger partial charge in [0.15, 0.2) is 6.29 Å². The van der Waals surface area contributed by atoms with E-state index >= 15 is 0 Å². The second-order valence-corrected chi connectivity index (χ2v) is 5.92. The van der Waals surface area contributed by atoms with Crippen LogP contribution in [0.3, 0.4) is 0 Å². The Morgan fingerprint density at radius 2 is 2.00 bits per heavy atom. The van der Waals surface area contributed by atoms with Gasteiger partial charge in [0.25, 0.3) is 0 Å². The van der Waals surface area contributed by atoms with Gasteiger partial charge >= 0.3 is 5.97 Å². The number of carboxylic acids is 1. The number of ether oxygens (including phenoxy) is 2. The second-order valence-electron chi connectivity index (χ2n) is 4.17. The van der Waals surface area contributed by atoms with Crippen LogP contribution in [0.15, 0.2) is 12.1 Å². The van der Waals surface area contributed by atoms with E-state index in [9.17, 15) is 17.6 Å². The molecular formula is C11H12FNO6S. The van der Waals surface area contributed by atoms with E-state index in [-0.39, 0.29) is 24.5 Å². The molecular weight excluding hydrogens is 293 g/mol. The third kappa shape index (κ3) is 3.24. The number of carbonyl (C=O) groups is 1. The number of rotatable bonds is 4. The highest BCUT2D eigenvalue weighted by molar-refractivity contribution is 7.92. The highest BCUT2D eigenvalue weighted by Crippen LogP contribution is 2.32. The van der Waals surface area contributed by atoms with Crippen LogP contribution in [-0.4, -0.2) is 39.0 Å². The maximum absolute atomic E-state index is 13.6. The summed E-state index contributed by atoms with van der Waals surface area (Å²) < 4.78 is 48.7. The first-order valence-corrected chi connectivity index (χ1v) is 7.45. The molecule has 0 aromatic heterocycles. The number of nitrogens with one attached hydrogen (secondary N) is 1. The van der Waals surface area contributed by atoms with E-state index in [1.165, 1.54) is 0 Å². The van der Waals surface area contributed by atoms with Crippen LogP contribution in [0.1, 0.15) is 22.2 Å². The van der Waals surface area contributed by atoms with Gasteiger partial charge in [0.2, 0.25) is 10.0 Å². The minimum atomic E-state index is -3.65. The standard InChI is InChI=1S/C11H12FNO6S/c1-20(16,17)13-9-5-8(12)6(10(14)15)4-7(9)11-18-2-3-19-11/h4-5,11,13H,2-3H2,1H3,(H,14,15). The molecule has 0 unspecified atom stereocenters. The lowest BCUT2D eigenvalue weighted by Gasteiger charge is -2.16. The van der Waals surface area contributed by atoms with Crippen LogP contribution < -0.4 is 4.72 Å². The molecule has 9 heteroatoms. The van der Waals surface area contributed by atoms with Gasteiger partial charge in [0.05, 0.1) is 30.7 Å². The van der Waals surface area contributed by atoms with Crippen molar-refractivity contribution in [2.75, 3.05) is 24.2 Å². The van der Waals surface area contributed by atoms with E-state index in [1.54, 1.807) is 0 Å². The average Bonchev–Trinajstić information content (AvgIpc) is 2.79. The van der Waals surface area contributed by atoms with Crippen molar-refractivity contribution in [3.8, 4) is 0 Å². The Morgan fingerprint density at radius 1 is 1.40 bits per heavy atom. The summed E-state index contributed by atoms with van der Waals surface area (Å²) in [7, 11) is -3.65. The van der Waals surface area contributed by atoms with E-state index in [1.807, 2.05) is 0 Å². The molecule has 0 atom stereocenters. The molecule has 1 aliphatic rings. The molecule has 1 aliphatic heterocycles. The minimum absolute atomic E-state index is 0.109. The van der Waals surface area contributed by atoms with Crippen LogP contribution >= 0.6 is 0 Å². The Hall–Kier alpha value is -1.71. The van der Waals surface area contributed by atoms with Gasteiger partial charge in [-0.15, -0.1) is 0 Å². The number of aromatic carboxylic acids is 1. The first kappa shape index (κ1) is 14.7. The summed E-state index contributed by atoms with van der Waals surface area (Å²) in [6.07, 6.45) is -0.0335. The summed E-state index contributed by atoms with van der Waals surface area (Å²) in [6, 6.07) is 1.80. The molecule has 1 heterocycles. The summed E-state index contributed by atoms with van der Waals surface area (Å²) in [4.78, 5) is 10.9. The molecule has 1 saturated heterocycles. The number of halogens is 1. The smallest absolute Gasteiger partial charge is 0.338 e. The van der Waals surface area contributed by atoms with Crippen molar-refractivity contribution < 1.29 is 32.2 Å². The van der Waals surface area contributed by atoms with Crippen LogP contribution in [0, 0.1) is 5.82 Å². The molecule has 0 saturated carbocycles. The van der Waals surface area contributed by atoms with Gasteiger partial charge in [-0.1, -0.05) is 0 Å². The van der Waals surface area contributed by atoms with E-state index < -0.39 is 33.7 Å². The number of sulfonamides is 1. The zero-order chi connectivity index (χ0) is 14.9. The van der Waals surface area contributed by atoms with Gasteiger partial charge in [-0.05, 0) is 12.1 Å². The molecule has 1 aromatic rings. The van der Waals surface area contributed by atoms with Crippen LogP contribution in [0.5, 0.6) is 0 Å². The second kappa shape index (κ2) is 5.35. The Bertz CT molecular complexity index is 639. The third-order valence-corrected chi connectivity index (χ3v) is 3.13. The molecule has 0 spiro atoms. The number of hydrogen-bond donors (Lipinski definition) is 2. The first-order valence-electron chi connectivity index (χ1n) is 5.55. The van der Waals surface area contributed by atoms with Crippen LogP contribution in [0.25, 0.3) is 0 Å². The summed E-state index contributed by atoms with van der Waals surface area (Å²) in [5.41, 5.74) is -0.577. The predicted octanol–water partition coefficient (Wildman–Crippen LogP) is 0.941. The summed E-state index contributed by atoms with van der Waals surface area (Å²) in [5, 5.41) is 8.90. The van der Waals surface area contributed by atoms with Crippen LogP contribution in [0.2, 0.25) is 0 Å². The number of anilines is 1. The molecule has 0 radical (unpaired) electrons. The predicted molar refractivity (Wildman–Crippen MR) is 66.5 cm³/mol. The molecule has 20 heavy (non-hydrogen) atoms. The van der Waals surface area contributed by atoms with Gasteiger partial charge in [-0.3, -0.25) is 4.72 Å². The fourth-order valence-corrected chi connectivity index (χ4v) is 2.35. The molecule has 0 amide bonds. The zero-order valence-electron chi connectivity index (χ0n) is 10.4. The Balaban J connectivity index is 2.53. The normalized spacial score (nSPS) is 16.3. The molecule has 1 fully saturated rings. The molecule has 110 valence electrons. The summed E-state index contributed by atoms with van der Waals surface area (Å²) >= 11 is 0. The zero-order valence-corrected chi connectivity index (χ0v) is 11.2. The Kier molecular flexibility index (Phi) is 3.93. The largest absolute Gasteiger partial charge is 0.478 e. The van der Waals surface area contributed by atoms with Crippen molar-refractivity contribution >= 4 is 21.7 Å². The number of hydrogen-bond acceptors (Lipinski definition) is 5. The van der Waals surface area contributed by atoms with Crippen molar-refractivity contribution in [3.63, 3.8) is 0 Å². The van der Waals surface area contributed by atoms with E-state index in [4.69, 9.17) is 14.6 Å². The molecule has 2 rings (SSSR count). The van der Waals surface area contributed by atoms with Crippen molar-refractivity contribution in [2.24, 2.45) is 0 Å². The number of carboxylic acid groups (broad SMARTS) is 1. The minimum Gasteiger partial charge on any atom is -0.478 e. The van der Waals surface area contributed by atoms with Gasteiger partial charge < -0.3 is 14.6 Å². The van der Waals surface area contributed by atoms with Gasteiger partial charge in [0, 0.05) is 5.56 Å². The highest BCUT2D eigenvalue weighted by Gasteiger charge is 2.26. The molecule has 0 bridgehead atoms. The topological polar surface area (TPSA) is 102 Å². The average molecular weight is 305 g/mol. The van der Waals surface area contributed by atoms with Crippen LogP contribution in [-0.2, 0) is 19.5 Å². The molecule has 7 nitrogen and oxygen atoms in total. The Labute approximate surface area is 114 Å². The quantitative estimate of drug-likeness (QED) is 0.858. The van der Waals surface area contributed by atoms with Gasteiger partial charge in [0.1, 0.15) is 5.82 Å². The van der Waals surface area contributed by atoms with Gasteiger partial charge in [-0.25, -0.2) is 17.6 Å². The molecule has 0 aliphatic carbocycles. The van der Waals surface area contributed by atoms with Gasteiger partial charge in [-0.2, -0.15) is 0 Å². The van der Waals surface area contributed by atoms with Crippen molar-refractivity contribution in [3.05, 3.63) is 29.1 Å². The van der Waals surface area contributed by atoms with E-state index in [2.05, 4.69) is 4.72 Å². The lowest BCUT2D eigenvalue weighted by Crippen LogP contribution is -2.15. The van der Waals surface area contributed by atoms with E-state index in [0.29, 0.717) is 0 Å². The van der Waals surface area contributed by atoms with Crippen LogP contribution in [0.4, 0.5) is 10.1 Å². The fraction of sp³-hybridized carbons (Fsp3) is 0.364. The van der Waals surface area contributed by atoms with E-state index in [0.717, 1.165) is 18.4 Å². The lowest BCUT2D eigenvalue weighted by atomic mass is 10.1.